The fourth-order valence-corrected chi connectivity index (χ4v) is 5.66. The third kappa shape index (κ3) is 4.98. The van der Waals surface area contributed by atoms with Crippen LogP contribution >= 0.6 is 11.8 Å². The minimum absolute atomic E-state index is 0.0234. The second-order valence-electron chi connectivity index (χ2n) is 9.44. The molecular formula is C28H28N2O4S. The van der Waals surface area contributed by atoms with Crippen LogP contribution in [0.5, 0.6) is 11.5 Å². The molecule has 1 N–H and O–H groups in total. The van der Waals surface area contributed by atoms with Gasteiger partial charge in [0.25, 0.3) is 0 Å². The minimum atomic E-state index is -0.547. The Bertz CT molecular complexity index is 1270. The molecule has 180 valence electrons. The molecule has 35 heavy (non-hydrogen) atoms. The van der Waals surface area contributed by atoms with Gasteiger partial charge in [0.15, 0.2) is 23.1 Å². The Morgan fingerprint density at radius 1 is 1.11 bits per heavy atom. The maximum absolute atomic E-state index is 13.4. The number of Topliss-reactive ketones (excluding diaryl/α,β-unsaturated/α-hetero) is 2. The van der Waals surface area contributed by atoms with E-state index in [4.69, 9.17) is 9.47 Å². The largest absolute Gasteiger partial charge is 0.493 e. The van der Waals surface area contributed by atoms with Crippen molar-refractivity contribution < 1.29 is 19.1 Å². The average Bonchev–Trinajstić information content (AvgIpc) is 2.85. The summed E-state index contributed by atoms with van der Waals surface area (Å²) in [7, 11) is 3.12. The number of nitrogens with zero attached hydrogens (tertiary/aromatic N) is 1. The number of benzene rings is 2. The third-order valence-corrected chi connectivity index (χ3v) is 7.33. The predicted octanol–water partition coefficient (Wildman–Crippen LogP) is 5.39. The fourth-order valence-electron chi connectivity index (χ4n) is 4.70. The first kappa shape index (κ1) is 24.6. The molecule has 2 aromatic rings. The Kier molecular flexibility index (Phi) is 7.04. The summed E-state index contributed by atoms with van der Waals surface area (Å²) in [6, 6.07) is 16.9. The van der Waals surface area contributed by atoms with Crippen LogP contribution in [0.1, 0.15) is 48.5 Å². The maximum atomic E-state index is 13.4. The first-order chi connectivity index (χ1) is 16.8. The number of carbonyl (C=O) groups is 2. The highest BCUT2D eigenvalue weighted by Crippen LogP contribution is 2.48. The standard InChI is InChI=1S/C28H28N2O4S/c1-28(2)13-20-26(21(31)14-28)25(18-10-11-23(33-3)24(12-18)34-4)19(15-29)27(30-20)35-16-22(32)17-8-6-5-7-9-17/h5-12,25,30H,13-14,16H2,1-4H3/t25-/m1/s1. The van der Waals surface area contributed by atoms with E-state index in [-0.39, 0.29) is 22.7 Å². The summed E-state index contributed by atoms with van der Waals surface area (Å²) in [5.41, 5.74) is 3.06. The van der Waals surface area contributed by atoms with Crippen LogP contribution in [0.2, 0.25) is 0 Å². The summed E-state index contributed by atoms with van der Waals surface area (Å²) >= 11 is 1.30. The van der Waals surface area contributed by atoms with Crippen LogP contribution in [0.15, 0.2) is 70.4 Å². The van der Waals surface area contributed by atoms with Gasteiger partial charge in [0, 0.05) is 23.3 Å². The Morgan fingerprint density at radius 3 is 2.49 bits per heavy atom. The van der Waals surface area contributed by atoms with Crippen molar-refractivity contribution in [2.75, 3.05) is 20.0 Å². The lowest BCUT2D eigenvalue weighted by Crippen LogP contribution is -2.37. The second-order valence-corrected chi connectivity index (χ2v) is 10.4. The number of hydrogen-bond donors (Lipinski definition) is 1. The molecule has 0 aromatic heterocycles. The normalized spacial score (nSPS) is 18.9. The molecule has 2 aliphatic rings. The van der Waals surface area contributed by atoms with Gasteiger partial charge in [0.1, 0.15) is 0 Å². The first-order valence-electron chi connectivity index (χ1n) is 11.4. The first-order valence-corrected chi connectivity index (χ1v) is 12.4. The number of nitriles is 1. The van der Waals surface area contributed by atoms with Crippen molar-refractivity contribution >= 4 is 23.3 Å². The SMILES string of the molecule is COc1ccc([C@@H]2C(C#N)=C(SCC(=O)c3ccccc3)NC3=C2C(=O)CC(C)(C)C3)cc1OC. The van der Waals surface area contributed by atoms with E-state index in [9.17, 15) is 14.9 Å². The summed E-state index contributed by atoms with van der Waals surface area (Å²) < 4.78 is 10.9. The number of hydrogen-bond acceptors (Lipinski definition) is 7. The van der Waals surface area contributed by atoms with Gasteiger partial charge in [0.2, 0.25) is 0 Å². The summed E-state index contributed by atoms with van der Waals surface area (Å²) in [6.07, 6.45) is 1.08. The van der Waals surface area contributed by atoms with Gasteiger partial charge in [-0.2, -0.15) is 5.26 Å². The van der Waals surface area contributed by atoms with Crippen molar-refractivity contribution in [2.24, 2.45) is 5.41 Å². The molecule has 4 rings (SSSR count). The Morgan fingerprint density at radius 2 is 1.83 bits per heavy atom. The zero-order valence-corrected chi connectivity index (χ0v) is 21.1. The predicted molar refractivity (Wildman–Crippen MR) is 136 cm³/mol. The van der Waals surface area contributed by atoms with E-state index in [1.54, 1.807) is 32.4 Å². The third-order valence-electron chi connectivity index (χ3n) is 6.31. The Labute approximate surface area is 210 Å². The summed E-state index contributed by atoms with van der Waals surface area (Å²) in [4.78, 5) is 26.2. The highest BCUT2D eigenvalue weighted by atomic mass is 32.2. The van der Waals surface area contributed by atoms with Crippen LogP contribution in [-0.2, 0) is 4.79 Å². The lowest BCUT2D eigenvalue weighted by molar-refractivity contribution is -0.118. The second kappa shape index (κ2) is 10.0. The zero-order valence-electron chi connectivity index (χ0n) is 20.3. The van der Waals surface area contributed by atoms with Gasteiger partial charge in [-0.15, -0.1) is 0 Å². The monoisotopic (exact) mass is 488 g/mol. The van der Waals surface area contributed by atoms with Crippen molar-refractivity contribution in [2.45, 2.75) is 32.6 Å². The molecule has 6 nitrogen and oxygen atoms in total. The van der Waals surface area contributed by atoms with Crippen LogP contribution in [0, 0.1) is 16.7 Å². The lowest BCUT2D eigenvalue weighted by atomic mass is 9.69. The number of ketones is 2. The minimum Gasteiger partial charge on any atom is -0.493 e. The van der Waals surface area contributed by atoms with Crippen molar-refractivity contribution in [3.63, 3.8) is 0 Å². The molecule has 0 saturated heterocycles. The molecular weight excluding hydrogens is 460 g/mol. The number of carbonyl (C=O) groups excluding carboxylic acids is 2. The van der Waals surface area contributed by atoms with E-state index in [0.29, 0.717) is 46.1 Å². The van der Waals surface area contributed by atoms with Gasteiger partial charge in [-0.1, -0.05) is 62.0 Å². The molecule has 2 aromatic carbocycles. The van der Waals surface area contributed by atoms with Crippen molar-refractivity contribution in [3.8, 4) is 17.6 Å². The van der Waals surface area contributed by atoms with Crippen molar-refractivity contribution in [1.29, 1.82) is 5.26 Å². The van der Waals surface area contributed by atoms with Gasteiger partial charge in [0.05, 0.1) is 42.6 Å². The van der Waals surface area contributed by atoms with Crippen LogP contribution in [-0.4, -0.2) is 31.5 Å². The zero-order chi connectivity index (χ0) is 25.2. The molecule has 0 radical (unpaired) electrons. The topological polar surface area (TPSA) is 88.4 Å². The average molecular weight is 489 g/mol. The van der Waals surface area contributed by atoms with Crippen molar-refractivity contribution in [1.82, 2.24) is 5.32 Å². The molecule has 7 heteroatoms. The van der Waals surface area contributed by atoms with E-state index < -0.39 is 5.92 Å². The number of ether oxygens (including phenoxy) is 2. The van der Waals surface area contributed by atoms with Gasteiger partial charge >= 0.3 is 0 Å². The van der Waals surface area contributed by atoms with Gasteiger partial charge in [-0.25, -0.2) is 0 Å². The number of rotatable bonds is 7. The maximum Gasteiger partial charge on any atom is 0.173 e. The van der Waals surface area contributed by atoms with E-state index in [0.717, 1.165) is 11.3 Å². The molecule has 0 amide bonds. The highest BCUT2D eigenvalue weighted by Gasteiger charge is 2.42. The lowest BCUT2D eigenvalue weighted by Gasteiger charge is -2.39. The van der Waals surface area contributed by atoms with Crippen molar-refractivity contribution in [3.05, 3.63) is 81.5 Å². The van der Waals surface area contributed by atoms with E-state index in [2.05, 4.69) is 25.2 Å². The molecule has 1 atom stereocenters. The molecule has 0 unspecified atom stereocenters. The van der Waals surface area contributed by atoms with Gasteiger partial charge < -0.3 is 14.8 Å². The van der Waals surface area contributed by atoms with Gasteiger partial charge in [-0.3, -0.25) is 9.59 Å². The number of thioether (sulfide) groups is 1. The summed E-state index contributed by atoms with van der Waals surface area (Å²) in [5, 5.41) is 14.2. The molecule has 0 fully saturated rings. The van der Waals surface area contributed by atoms with Crippen LogP contribution < -0.4 is 14.8 Å². The van der Waals surface area contributed by atoms with Crippen LogP contribution in [0.4, 0.5) is 0 Å². The van der Waals surface area contributed by atoms with Crippen LogP contribution in [0.25, 0.3) is 0 Å². The number of allylic oxidation sites excluding steroid dienone is 3. The molecule has 1 heterocycles. The molecule has 0 saturated carbocycles. The van der Waals surface area contributed by atoms with E-state index in [1.165, 1.54) is 11.8 Å². The van der Waals surface area contributed by atoms with Gasteiger partial charge in [-0.05, 0) is 29.5 Å². The molecule has 0 bridgehead atoms. The van der Waals surface area contributed by atoms with Crippen LogP contribution in [0.3, 0.4) is 0 Å². The Hall–Kier alpha value is -3.50. The number of nitrogens with one attached hydrogen (secondary N) is 1. The number of methoxy groups -OCH3 is 2. The molecule has 1 aliphatic heterocycles. The molecule has 1 aliphatic carbocycles. The number of dihydropyridines is 1. The summed E-state index contributed by atoms with van der Waals surface area (Å²) in [6.45, 7) is 4.13. The smallest absolute Gasteiger partial charge is 0.173 e. The molecule has 0 spiro atoms. The Balaban J connectivity index is 1.77. The summed E-state index contributed by atoms with van der Waals surface area (Å²) in [5.74, 6) is 0.733. The van der Waals surface area contributed by atoms with E-state index >= 15 is 0 Å². The quantitative estimate of drug-likeness (QED) is 0.523. The fraction of sp³-hybridized carbons (Fsp3) is 0.321. The van der Waals surface area contributed by atoms with E-state index in [1.807, 2.05) is 30.3 Å². The highest BCUT2D eigenvalue weighted by molar-refractivity contribution is 8.03.